The molecular weight excluding hydrogens is 362 g/mol. The molecular formula is C17H16ClN3O3S. The maximum atomic E-state index is 12.3. The summed E-state index contributed by atoms with van der Waals surface area (Å²) in [5.41, 5.74) is 1.54. The number of rotatable bonds is 7. The summed E-state index contributed by atoms with van der Waals surface area (Å²) in [5.74, 6) is 0.506. The van der Waals surface area contributed by atoms with Gasteiger partial charge in [0.05, 0.1) is 23.0 Å². The van der Waals surface area contributed by atoms with Crippen molar-refractivity contribution in [2.45, 2.75) is 13.3 Å². The monoisotopic (exact) mass is 377 g/mol. The summed E-state index contributed by atoms with van der Waals surface area (Å²) >= 11 is 7.29. The lowest BCUT2D eigenvalue weighted by Gasteiger charge is -2.04. The van der Waals surface area contributed by atoms with Gasteiger partial charge in [0.1, 0.15) is 19.1 Å². The third-order valence-electron chi connectivity index (χ3n) is 3.23. The van der Waals surface area contributed by atoms with E-state index in [1.54, 1.807) is 36.3 Å². The maximum Gasteiger partial charge on any atom is 0.265 e. The number of aromatic nitrogens is 2. The van der Waals surface area contributed by atoms with Gasteiger partial charge >= 0.3 is 0 Å². The Morgan fingerprint density at radius 2 is 2.28 bits per heavy atom. The maximum absolute atomic E-state index is 12.3. The van der Waals surface area contributed by atoms with Crippen LogP contribution in [0.3, 0.4) is 0 Å². The number of hydrogen-bond acceptors (Lipinski definition) is 5. The van der Waals surface area contributed by atoms with E-state index < -0.39 is 0 Å². The van der Waals surface area contributed by atoms with E-state index >= 15 is 0 Å². The minimum Gasteiger partial charge on any atom is -0.489 e. The standard InChI is InChI=1S/C17H16ClN3O3S/c1-23-11-21-8-14(7-19-21)20-17(22)16-5-12(10-25-16)9-24-15-4-2-3-13(18)6-15/h2-8,10H,9,11H2,1H3,(H,20,22). The molecule has 0 saturated carbocycles. The van der Waals surface area contributed by atoms with Crippen molar-refractivity contribution in [1.29, 1.82) is 0 Å². The number of thiophene rings is 1. The topological polar surface area (TPSA) is 65.4 Å². The van der Waals surface area contributed by atoms with Crippen LogP contribution in [-0.4, -0.2) is 22.8 Å². The molecule has 0 aliphatic carbocycles. The van der Waals surface area contributed by atoms with E-state index in [2.05, 4.69) is 10.4 Å². The molecule has 3 aromatic rings. The van der Waals surface area contributed by atoms with Gasteiger partial charge in [-0.1, -0.05) is 17.7 Å². The summed E-state index contributed by atoms with van der Waals surface area (Å²) in [7, 11) is 1.58. The van der Waals surface area contributed by atoms with Crippen molar-refractivity contribution in [3.05, 3.63) is 63.6 Å². The van der Waals surface area contributed by atoms with E-state index in [0.29, 0.717) is 34.7 Å². The Hall–Kier alpha value is -2.35. The number of halogens is 1. The van der Waals surface area contributed by atoms with Gasteiger partial charge in [-0.25, -0.2) is 4.68 Å². The van der Waals surface area contributed by atoms with Crippen LogP contribution in [0.5, 0.6) is 5.75 Å². The molecule has 0 bridgehead atoms. The SMILES string of the molecule is COCn1cc(NC(=O)c2cc(COc3cccc(Cl)c3)cs2)cn1. The fourth-order valence-corrected chi connectivity index (χ4v) is 3.09. The molecule has 2 aromatic heterocycles. The van der Waals surface area contributed by atoms with Crippen molar-refractivity contribution in [3.63, 3.8) is 0 Å². The van der Waals surface area contributed by atoms with Crippen LogP contribution in [0.2, 0.25) is 5.02 Å². The van der Waals surface area contributed by atoms with Gasteiger partial charge in [-0.15, -0.1) is 11.3 Å². The summed E-state index contributed by atoms with van der Waals surface area (Å²) in [6.45, 7) is 0.704. The van der Waals surface area contributed by atoms with Crippen molar-refractivity contribution >= 4 is 34.5 Å². The summed E-state index contributed by atoms with van der Waals surface area (Å²) in [6, 6.07) is 9.01. The second-order valence-corrected chi connectivity index (χ2v) is 6.55. The zero-order valence-corrected chi connectivity index (χ0v) is 15.0. The van der Waals surface area contributed by atoms with Crippen molar-refractivity contribution in [2.75, 3.05) is 12.4 Å². The Kier molecular flexibility index (Phi) is 5.70. The van der Waals surface area contributed by atoms with Crippen molar-refractivity contribution in [2.24, 2.45) is 0 Å². The number of methoxy groups -OCH3 is 1. The number of nitrogens with zero attached hydrogens (tertiary/aromatic N) is 2. The van der Waals surface area contributed by atoms with Crippen molar-refractivity contribution < 1.29 is 14.3 Å². The van der Waals surface area contributed by atoms with Crippen LogP contribution in [-0.2, 0) is 18.1 Å². The second kappa shape index (κ2) is 8.15. The number of hydrogen-bond donors (Lipinski definition) is 1. The summed E-state index contributed by atoms with van der Waals surface area (Å²) in [6.07, 6.45) is 3.28. The molecule has 3 rings (SSSR count). The molecule has 0 aliphatic heterocycles. The highest BCUT2D eigenvalue weighted by molar-refractivity contribution is 7.12. The zero-order valence-electron chi connectivity index (χ0n) is 13.4. The third kappa shape index (κ3) is 4.82. The van der Waals surface area contributed by atoms with E-state index in [4.69, 9.17) is 21.1 Å². The van der Waals surface area contributed by atoms with Gasteiger partial charge in [0.25, 0.3) is 5.91 Å². The van der Waals surface area contributed by atoms with E-state index in [0.717, 1.165) is 5.56 Å². The number of benzene rings is 1. The minimum absolute atomic E-state index is 0.184. The third-order valence-corrected chi connectivity index (χ3v) is 4.44. The van der Waals surface area contributed by atoms with Crippen LogP contribution in [0.1, 0.15) is 15.2 Å². The first-order chi connectivity index (χ1) is 12.1. The van der Waals surface area contributed by atoms with Crippen LogP contribution in [0.4, 0.5) is 5.69 Å². The van der Waals surface area contributed by atoms with Crippen LogP contribution in [0, 0.1) is 0 Å². The molecule has 1 N–H and O–H groups in total. The lowest BCUT2D eigenvalue weighted by molar-refractivity contribution is 0.103. The molecule has 130 valence electrons. The number of carbonyl (C=O) groups is 1. The molecule has 2 heterocycles. The van der Waals surface area contributed by atoms with E-state index in [9.17, 15) is 4.79 Å². The van der Waals surface area contributed by atoms with Gasteiger partial charge < -0.3 is 14.8 Å². The van der Waals surface area contributed by atoms with Crippen LogP contribution in [0.25, 0.3) is 0 Å². The summed E-state index contributed by atoms with van der Waals surface area (Å²) < 4.78 is 12.2. The first-order valence-corrected chi connectivity index (χ1v) is 8.68. The fourth-order valence-electron chi connectivity index (χ4n) is 2.12. The molecule has 8 heteroatoms. The Morgan fingerprint density at radius 1 is 1.40 bits per heavy atom. The molecule has 0 atom stereocenters. The van der Waals surface area contributed by atoms with Gasteiger partial charge in [0, 0.05) is 17.7 Å². The largest absolute Gasteiger partial charge is 0.489 e. The normalized spacial score (nSPS) is 10.6. The minimum atomic E-state index is -0.184. The zero-order chi connectivity index (χ0) is 17.6. The molecule has 1 amide bonds. The first kappa shape index (κ1) is 17.5. The number of carbonyl (C=O) groups excluding carboxylic acids is 1. The van der Waals surface area contributed by atoms with Crippen LogP contribution < -0.4 is 10.1 Å². The summed E-state index contributed by atoms with van der Waals surface area (Å²) in [4.78, 5) is 12.9. The Balaban J connectivity index is 1.57. The molecule has 0 saturated heterocycles. The Bertz CT molecular complexity index is 862. The molecule has 6 nitrogen and oxygen atoms in total. The fraction of sp³-hybridized carbons (Fsp3) is 0.176. The molecule has 25 heavy (non-hydrogen) atoms. The van der Waals surface area contributed by atoms with Crippen molar-refractivity contribution in [1.82, 2.24) is 9.78 Å². The van der Waals surface area contributed by atoms with E-state index in [1.807, 2.05) is 23.6 Å². The van der Waals surface area contributed by atoms with Gasteiger partial charge in [-0.3, -0.25) is 4.79 Å². The highest BCUT2D eigenvalue weighted by Gasteiger charge is 2.11. The quantitative estimate of drug-likeness (QED) is 0.675. The summed E-state index contributed by atoms with van der Waals surface area (Å²) in [5, 5.41) is 9.40. The number of ether oxygens (including phenoxy) is 2. The van der Waals surface area contributed by atoms with Gasteiger partial charge in [0.15, 0.2) is 0 Å². The smallest absolute Gasteiger partial charge is 0.265 e. The predicted molar refractivity (Wildman–Crippen MR) is 97.3 cm³/mol. The number of anilines is 1. The predicted octanol–water partition coefficient (Wildman–Crippen LogP) is 4.03. The highest BCUT2D eigenvalue weighted by atomic mass is 35.5. The van der Waals surface area contributed by atoms with Gasteiger partial charge in [0.2, 0.25) is 0 Å². The number of amides is 1. The van der Waals surface area contributed by atoms with Gasteiger partial charge in [-0.05, 0) is 29.6 Å². The van der Waals surface area contributed by atoms with E-state index in [1.165, 1.54) is 11.3 Å². The molecule has 1 aromatic carbocycles. The Morgan fingerprint density at radius 3 is 3.08 bits per heavy atom. The van der Waals surface area contributed by atoms with Gasteiger partial charge in [-0.2, -0.15) is 5.10 Å². The Labute approximate surface area is 153 Å². The molecule has 0 radical (unpaired) electrons. The highest BCUT2D eigenvalue weighted by Crippen LogP contribution is 2.21. The molecule has 0 fully saturated rings. The van der Waals surface area contributed by atoms with Crippen LogP contribution >= 0.6 is 22.9 Å². The first-order valence-electron chi connectivity index (χ1n) is 7.42. The van der Waals surface area contributed by atoms with Crippen LogP contribution in [0.15, 0.2) is 48.1 Å². The average Bonchev–Trinajstić information content (AvgIpc) is 3.23. The lowest BCUT2D eigenvalue weighted by atomic mass is 10.3. The molecule has 0 spiro atoms. The van der Waals surface area contributed by atoms with Crippen molar-refractivity contribution in [3.8, 4) is 5.75 Å². The molecule has 0 unspecified atom stereocenters. The average molecular weight is 378 g/mol. The second-order valence-electron chi connectivity index (χ2n) is 5.21. The van der Waals surface area contributed by atoms with E-state index in [-0.39, 0.29) is 5.91 Å². The lowest BCUT2D eigenvalue weighted by Crippen LogP contribution is -2.09. The molecule has 0 aliphatic rings. The number of nitrogens with one attached hydrogen (secondary N) is 1.